The van der Waals surface area contributed by atoms with Crippen molar-refractivity contribution in [3.05, 3.63) is 59.4 Å². The maximum atomic E-state index is 13.2. The van der Waals surface area contributed by atoms with Crippen molar-refractivity contribution in [2.24, 2.45) is 17.8 Å². The standard InChI is InChI=1S/C34H45NO9/c1-18(12-24-17-40-22(5)35-24)8-7-9-20(3)31(38)21(4)26-16-28(36)34(6)29(44-34)11-10-19(2)25-13-23(15-30(37)41-25)14-27-32(42-27)33(39)43-26/h7-12,17,19,21,23,25-29,31-32,36,38H,13-16H2,1-6H3/b8-7+,11-10+,18-12+,20-9+/t19-,21+,23+,25-,26?,27+,28+,29-,31+,32-,34?/m1/s1. The number of hydrogen-bond acceptors (Lipinski definition) is 10. The molecule has 240 valence electrons. The van der Waals surface area contributed by atoms with Gasteiger partial charge in [-0.2, -0.15) is 0 Å². The van der Waals surface area contributed by atoms with Gasteiger partial charge < -0.3 is 33.6 Å². The van der Waals surface area contributed by atoms with Gasteiger partial charge in [0, 0.05) is 31.6 Å². The van der Waals surface area contributed by atoms with Gasteiger partial charge in [-0.25, -0.2) is 9.78 Å². The Bertz CT molecular complexity index is 1340. The molecule has 44 heavy (non-hydrogen) atoms. The number of epoxide rings is 2. The summed E-state index contributed by atoms with van der Waals surface area (Å²) in [4.78, 5) is 29.9. The van der Waals surface area contributed by atoms with Crippen molar-refractivity contribution < 1.29 is 43.2 Å². The Hall–Kier alpha value is -3.05. The van der Waals surface area contributed by atoms with Crippen molar-refractivity contribution >= 4 is 18.0 Å². The van der Waals surface area contributed by atoms with Crippen molar-refractivity contribution in [1.82, 2.24) is 4.98 Å². The molecule has 2 unspecified atom stereocenters. The van der Waals surface area contributed by atoms with Gasteiger partial charge in [0.25, 0.3) is 0 Å². The van der Waals surface area contributed by atoms with Crippen LogP contribution in [0.4, 0.5) is 0 Å². The summed E-state index contributed by atoms with van der Waals surface area (Å²) in [5.41, 5.74) is 1.49. The first kappa shape index (κ1) is 32.3. The predicted octanol–water partition coefficient (Wildman–Crippen LogP) is 4.39. The average molecular weight is 612 g/mol. The summed E-state index contributed by atoms with van der Waals surface area (Å²) < 4.78 is 28.5. The van der Waals surface area contributed by atoms with Crippen LogP contribution in [0.3, 0.4) is 0 Å². The number of oxazole rings is 1. The molecule has 0 spiro atoms. The highest BCUT2D eigenvalue weighted by atomic mass is 16.6. The first-order chi connectivity index (χ1) is 20.8. The molecule has 11 atom stereocenters. The molecule has 5 heterocycles. The Morgan fingerprint density at radius 2 is 1.89 bits per heavy atom. The molecule has 1 aromatic rings. The van der Waals surface area contributed by atoms with Crippen LogP contribution in [0, 0.1) is 24.7 Å². The van der Waals surface area contributed by atoms with Crippen molar-refractivity contribution in [1.29, 1.82) is 0 Å². The largest absolute Gasteiger partial charge is 0.462 e. The number of allylic oxidation sites excluding steroid dienone is 4. The zero-order chi connectivity index (χ0) is 31.8. The Labute approximate surface area is 258 Å². The summed E-state index contributed by atoms with van der Waals surface area (Å²) in [6, 6.07) is 0. The van der Waals surface area contributed by atoms with E-state index in [-0.39, 0.29) is 42.5 Å². The number of fused-ring (bicyclic) bond motifs is 4. The lowest BCUT2D eigenvalue weighted by Crippen LogP contribution is -2.41. The Balaban J connectivity index is 1.30. The van der Waals surface area contributed by atoms with E-state index < -0.39 is 41.9 Å². The molecular formula is C34H45NO9. The number of aliphatic hydroxyl groups is 2. The summed E-state index contributed by atoms with van der Waals surface area (Å²) in [5.74, 6) is -0.684. The monoisotopic (exact) mass is 611 g/mol. The molecule has 0 aliphatic carbocycles. The number of carbonyl (C=O) groups is 2. The van der Waals surface area contributed by atoms with Gasteiger partial charge in [-0.3, -0.25) is 4.79 Å². The van der Waals surface area contributed by atoms with Gasteiger partial charge in [0.2, 0.25) is 0 Å². The highest BCUT2D eigenvalue weighted by Gasteiger charge is 2.57. The summed E-state index contributed by atoms with van der Waals surface area (Å²) in [6.45, 7) is 11.2. The van der Waals surface area contributed by atoms with E-state index in [4.69, 9.17) is 23.4 Å². The van der Waals surface area contributed by atoms with E-state index in [9.17, 15) is 19.8 Å². The highest BCUT2D eigenvalue weighted by Crippen LogP contribution is 2.44. The fourth-order valence-electron chi connectivity index (χ4n) is 6.25. The predicted molar refractivity (Wildman–Crippen MR) is 161 cm³/mol. The van der Waals surface area contributed by atoms with Gasteiger partial charge in [0.05, 0.1) is 18.3 Å². The summed E-state index contributed by atoms with van der Waals surface area (Å²) >= 11 is 0. The third-order valence-electron chi connectivity index (χ3n) is 9.42. The quantitative estimate of drug-likeness (QED) is 0.206. The molecule has 3 saturated heterocycles. The molecule has 4 aliphatic heterocycles. The van der Waals surface area contributed by atoms with Gasteiger partial charge >= 0.3 is 11.9 Å². The number of aromatic nitrogens is 1. The minimum absolute atomic E-state index is 0.0290. The lowest BCUT2D eigenvalue weighted by Gasteiger charge is -2.32. The SMILES string of the molecule is CC(/C=C/C=C(\C)[C@H](O)[C@@H](C)C1C[C@H](O)C2(C)O[C@@H]2/C=C/[C@@H](C)[C@H]2C[C@H](CC(=O)O2)C[C@@H]2O[C@H]2C(=O)O1)=C\c1coc(C)n1. The Kier molecular flexibility index (Phi) is 9.65. The average Bonchev–Trinajstić information content (AvgIpc) is 3.84. The summed E-state index contributed by atoms with van der Waals surface area (Å²) in [6.07, 6.45) is 10.2. The van der Waals surface area contributed by atoms with Gasteiger partial charge in [0.1, 0.15) is 35.9 Å². The lowest BCUT2D eigenvalue weighted by molar-refractivity contribution is -0.159. The fraction of sp³-hybridized carbons (Fsp3) is 0.618. The van der Waals surface area contributed by atoms with Crippen LogP contribution in [0.5, 0.6) is 0 Å². The van der Waals surface area contributed by atoms with E-state index in [2.05, 4.69) is 4.98 Å². The molecule has 3 fully saturated rings. The number of esters is 2. The van der Waals surface area contributed by atoms with E-state index in [1.54, 1.807) is 20.1 Å². The zero-order valence-electron chi connectivity index (χ0n) is 26.3. The molecule has 0 radical (unpaired) electrons. The molecule has 1 aromatic heterocycles. The molecule has 2 N–H and O–H groups in total. The number of nitrogens with zero attached hydrogens (tertiary/aromatic N) is 1. The fourth-order valence-corrected chi connectivity index (χ4v) is 6.25. The van der Waals surface area contributed by atoms with Crippen LogP contribution in [0.25, 0.3) is 6.08 Å². The van der Waals surface area contributed by atoms with Crippen LogP contribution >= 0.6 is 0 Å². The molecule has 0 aromatic carbocycles. The van der Waals surface area contributed by atoms with Crippen molar-refractivity contribution in [3.63, 3.8) is 0 Å². The van der Waals surface area contributed by atoms with Crippen LogP contribution in [-0.2, 0) is 28.5 Å². The molecule has 10 heteroatoms. The van der Waals surface area contributed by atoms with Crippen LogP contribution < -0.4 is 0 Å². The minimum atomic E-state index is -0.960. The number of aryl methyl sites for hydroxylation is 1. The molecular weight excluding hydrogens is 566 g/mol. The number of rotatable bonds is 6. The van der Waals surface area contributed by atoms with Crippen molar-refractivity contribution in [2.75, 3.05) is 0 Å². The highest BCUT2D eigenvalue weighted by molar-refractivity contribution is 5.78. The Morgan fingerprint density at radius 3 is 2.61 bits per heavy atom. The first-order valence-electron chi connectivity index (χ1n) is 15.6. The third kappa shape index (κ3) is 7.59. The topological polar surface area (TPSA) is 144 Å². The van der Waals surface area contributed by atoms with E-state index in [0.29, 0.717) is 30.7 Å². The first-order valence-corrected chi connectivity index (χ1v) is 15.6. The molecule has 0 amide bonds. The van der Waals surface area contributed by atoms with Gasteiger partial charge in [0.15, 0.2) is 12.0 Å². The number of ether oxygens (including phenoxy) is 4. The zero-order valence-corrected chi connectivity index (χ0v) is 26.3. The number of hydrogen-bond donors (Lipinski definition) is 2. The van der Waals surface area contributed by atoms with E-state index >= 15 is 0 Å². The second-order valence-electron chi connectivity index (χ2n) is 13.1. The van der Waals surface area contributed by atoms with Crippen LogP contribution in [0.15, 0.2) is 52.2 Å². The summed E-state index contributed by atoms with van der Waals surface area (Å²) in [5, 5.41) is 22.6. The minimum Gasteiger partial charge on any atom is -0.462 e. The van der Waals surface area contributed by atoms with Crippen molar-refractivity contribution in [2.45, 2.75) is 116 Å². The van der Waals surface area contributed by atoms with Gasteiger partial charge in [-0.15, -0.1) is 0 Å². The van der Waals surface area contributed by atoms with Crippen LogP contribution in [0.1, 0.15) is 71.9 Å². The van der Waals surface area contributed by atoms with E-state index in [0.717, 1.165) is 11.3 Å². The normalized spacial score (nSPS) is 38.6. The number of aliphatic hydroxyl groups excluding tert-OH is 2. The second-order valence-corrected chi connectivity index (χ2v) is 13.1. The maximum Gasteiger partial charge on any atom is 0.338 e. The third-order valence-corrected chi connectivity index (χ3v) is 9.42. The number of carbonyl (C=O) groups excluding carboxylic acids is 2. The van der Waals surface area contributed by atoms with E-state index in [1.807, 2.05) is 64.2 Å². The van der Waals surface area contributed by atoms with Crippen LogP contribution in [-0.4, -0.2) is 75.5 Å². The number of cyclic esters (lactones) is 1. The smallest absolute Gasteiger partial charge is 0.338 e. The second kappa shape index (κ2) is 13.1. The molecule has 2 bridgehead atoms. The Morgan fingerprint density at radius 1 is 1.14 bits per heavy atom. The lowest BCUT2D eigenvalue weighted by atomic mass is 9.84. The molecule has 10 nitrogen and oxygen atoms in total. The molecule has 4 aliphatic rings. The molecule has 5 rings (SSSR count). The van der Waals surface area contributed by atoms with E-state index in [1.165, 1.54) is 0 Å². The summed E-state index contributed by atoms with van der Waals surface area (Å²) in [7, 11) is 0. The van der Waals surface area contributed by atoms with Crippen molar-refractivity contribution in [3.8, 4) is 0 Å². The molecule has 0 saturated carbocycles. The van der Waals surface area contributed by atoms with Crippen LogP contribution in [0.2, 0.25) is 0 Å². The maximum absolute atomic E-state index is 13.2. The van der Waals surface area contributed by atoms with Gasteiger partial charge in [-0.05, 0) is 56.8 Å². The van der Waals surface area contributed by atoms with Gasteiger partial charge in [-0.1, -0.05) is 44.2 Å².